The first kappa shape index (κ1) is 24.3. The zero-order chi connectivity index (χ0) is 24.2. The molecule has 0 aliphatic carbocycles. The topological polar surface area (TPSA) is 171 Å². The molecule has 2 aromatic heterocycles. The van der Waals surface area contributed by atoms with Gasteiger partial charge in [0, 0.05) is 19.3 Å². The Morgan fingerprint density at radius 3 is 2.44 bits per heavy atom. The lowest BCUT2D eigenvalue weighted by atomic mass is 9.99. The van der Waals surface area contributed by atoms with Crippen LogP contribution < -0.4 is 4.74 Å². The number of aromatic nitrogens is 3. The van der Waals surface area contributed by atoms with Crippen molar-refractivity contribution < 1.29 is 40.1 Å². The Bertz CT molecular complexity index is 1090. The largest absolute Gasteiger partial charge is 0.508 e. The minimum atomic E-state index is -1.58. The number of aryl methyl sites for hydroxylation is 3. The molecule has 34 heavy (non-hydrogen) atoms. The molecule has 3 heterocycles. The molecule has 6 N–H and O–H groups in total. The van der Waals surface area contributed by atoms with Gasteiger partial charge in [-0.25, -0.2) is 9.67 Å². The monoisotopic (exact) mass is 475 g/mol. The normalized spacial score (nSPS) is 25.0. The van der Waals surface area contributed by atoms with Gasteiger partial charge in [0.25, 0.3) is 0 Å². The van der Waals surface area contributed by atoms with Crippen molar-refractivity contribution in [1.29, 1.82) is 0 Å². The van der Waals surface area contributed by atoms with Crippen molar-refractivity contribution in [2.24, 2.45) is 0 Å². The fourth-order valence-corrected chi connectivity index (χ4v) is 4.01. The average molecular weight is 475 g/mol. The molecule has 3 aromatic rings. The zero-order valence-corrected chi connectivity index (χ0v) is 18.4. The summed E-state index contributed by atoms with van der Waals surface area (Å²) in [4.78, 5) is 4.43. The minimum absolute atomic E-state index is 0.0369. The van der Waals surface area contributed by atoms with Gasteiger partial charge in [0.05, 0.1) is 12.0 Å². The average Bonchev–Trinajstić information content (AvgIpc) is 3.20. The highest BCUT2D eigenvalue weighted by atomic mass is 16.7. The minimum Gasteiger partial charge on any atom is -0.508 e. The lowest BCUT2D eigenvalue weighted by Crippen LogP contribution is -2.60. The SMILES string of the molecule is OCCCn1nc(OC2O[C@H](CO)[C@@H](O)[C@H](O)[C@H]2O)c2c(CCc3ccc(O)cc3)ccnc21. The number of benzene rings is 1. The van der Waals surface area contributed by atoms with Crippen LogP contribution in [0.15, 0.2) is 36.5 Å². The first-order valence-electron chi connectivity index (χ1n) is 11.1. The Labute approximate surface area is 195 Å². The molecule has 0 saturated carbocycles. The van der Waals surface area contributed by atoms with E-state index >= 15 is 0 Å². The van der Waals surface area contributed by atoms with Crippen molar-refractivity contribution in [2.45, 2.75) is 56.5 Å². The Hall–Kier alpha value is -2.80. The molecule has 1 saturated heterocycles. The van der Waals surface area contributed by atoms with E-state index in [4.69, 9.17) is 9.47 Å². The van der Waals surface area contributed by atoms with E-state index in [-0.39, 0.29) is 18.2 Å². The van der Waals surface area contributed by atoms with Gasteiger partial charge in [0.1, 0.15) is 30.2 Å². The van der Waals surface area contributed by atoms with Crippen molar-refractivity contribution in [3.63, 3.8) is 0 Å². The van der Waals surface area contributed by atoms with Crippen molar-refractivity contribution in [2.75, 3.05) is 13.2 Å². The molecule has 0 spiro atoms. The standard InChI is InChI=1S/C23H29N3O8/c27-11-1-10-26-21-17(14(8-9-24-21)5-2-13-3-6-15(29)7-4-13)22(25-26)34-23-20(32)19(31)18(30)16(12-28)33-23/h3-4,6-9,16,18-20,23,27-32H,1-2,5,10-12H2/t16-,18-,19+,20-,23?/m1/s1. The molecule has 0 radical (unpaired) electrons. The Morgan fingerprint density at radius 1 is 0.971 bits per heavy atom. The smallest absolute Gasteiger partial charge is 0.245 e. The second-order valence-electron chi connectivity index (χ2n) is 8.26. The van der Waals surface area contributed by atoms with Crippen LogP contribution in [0.1, 0.15) is 17.5 Å². The van der Waals surface area contributed by atoms with Gasteiger partial charge < -0.3 is 40.1 Å². The number of fused-ring (bicyclic) bond motifs is 1. The number of aromatic hydroxyl groups is 1. The Balaban J connectivity index is 1.66. The van der Waals surface area contributed by atoms with Crippen LogP contribution in [0.3, 0.4) is 0 Å². The predicted molar refractivity (Wildman–Crippen MR) is 119 cm³/mol. The molecule has 4 rings (SSSR count). The summed E-state index contributed by atoms with van der Waals surface area (Å²) in [6.45, 7) is -0.236. The maximum absolute atomic E-state index is 10.4. The van der Waals surface area contributed by atoms with Crippen molar-refractivity contribution in [1.82, 2.24) is 14.8 Å². The predicted octanol–water partition coefficient (Wildman–Crippen LogP) is -0.517. The first-order valence-corrected chi connectivity index (χ1v) is 11.1. The molecule has 1 aromatic carbocycles. The van der Waals surface area contributed by atoms with Gasteiger partial charge in [-0.2, -0.15) is 0 Å². The maximum Gasteiger partial charge on any atom is 0.245 e. The molecule has 0 amide bonds. The number of hydrogen-bond donors (Lipinski definition) is 6. The molecule has 1 aliphatic rings. The van der Waals surface area contributed by atoms with Crippen LogP contribution >= 0.6 is 0 Å². The van der Waals surface area contributed by atoms with Gasteiger partial charge in [-0.15, -0.1) is 5.10 Å². The summed E-state index contributed by atoms with van der Waals surface area (Å²) in [5.41, 5.74) is 2.41. The van der Waals surface area contributed by atoms with E-state index in [9.17, 15) is 30.6 Å². The van der Waals surface area contributed by atoms with Crippen molar-refractivity contribution in [3.05, 3.63) is 47.7 Å². The number of rotatable bonds is 9. The number of aliphatic hydroxyl groups is 5. The summed E-state index contributed by atoms with van der Waals surface area (Å²) >= 11 is 0. The second kappa shape index (κ2) is 10.6. The van der Waals surface area contributed by atoms with Crippen molar-refractivity contribution in [3.8, 4) is 11.6 Å². The number of phenolic OH excluding ortho intramolecular Hbond substituents is 1. The highest BCUT2D eigenvalue weighted by Crippen LogP contribution is 2.32. The number of ether oxygens (including phenoxy) is 2. The fraction of sp³-hybridized carbons (Fsp3) is 0.478. The molecule has 0 bridgehead atoms. The molecule has 11 heteroatoms. The van der Waals surface area contributed by atoms with E-state index in [1.807, 2.05) is 18.2 Å². The number of phenols is 1. The van der Waals surface area contributed by atoms with Gasteiger partial charge in [-0.05, 0) is 48.6 Å². The summed E-state index contributed by atoms with van der Waals surface area (Å²) in [6.07, 6.45) is -3.79. The van der Waals surface area contributed by atoms with E-state index in [1.54, 1.807) is 23.0 Å². The summed E-state index contributed by atoms with van der Waals surface area (Å²) < 4.78 is 13.0. The molecule has 1 unspecified atom stereocenters. The summed E-state index contributed by atoms with van der Waals surface area (Å²) in [7, 11) is 0. The van der Waals surface area contributed by atoms with Gasteiger partial charge >= 0.3 is 0 Å². The van der Waals surface area contributed by atoms with Crippen LogP contribution in [-0.4, -0.2) is 89.3 Å². The number of aliphatic hydroxyl groups excluding tert-OH is 5. The van der Waals surface area contributed by atoms with Gasteiger partial charge in [0.2, 0.25) is 12.2 Å². The van der Waals surface area contributed by atoms with Crippen LogP contribution in [0.25, 0.3) is 11.0 Å². The summed E-state index contributed by atoms with van der Waals surface area (Å²) in [5.74, 6) is 0.307. The molecule has 5 atom stereocenters. The molecule has 1 aliphatic heterocycles. The first-order chi connectivity index (χ1) is 16.4. The number of pyridine rings is 1. The molecule has 11 nitrogen and oxygen atoms in total. The Kier molecular flexibility index (Phi) is 7.61. The van der Waals surface area contributed by atoms with Gasteiger partial charge in [-0.3, -0.25) is 0 Å². The summed E-state index contributed by atoms with van der Waals surface area (Å²) in [6, 6.07) is 8.75. The highest BCUT2D eigenvalue weighted by molar-refractivity contribution is 5.85. The van der Waals surface area contributed by atoms with Crippen LogP contribution in [0.5, 0.6) is 11.6 Å². The number of hydrogen-bond acceptors (Lipinski definition) is 10. The van der Waals surface area contributed by atoms with Crippen LogP contribution in [-0.2, 0) is 24.1 Å². The fourth-order valence-electron chi connectivity index (χ4n) is 4.01. The number of nitrogens with zero attached hydrogens (tertiary/aromatic N) is 3. The second-order valence-corrected chi connectivity index (χ2v) is 8.26. The lowest BCUT2D eigenvalue weighted by Gasteiger charge is -2.39. The van der Waals surface area contributed by atoms with Crippen LogP contribution in [0, 0.1) is 0 Å². The lowest BCUT2D eigenvalue weighted by molar-refractivity contribution is -0.278. The third-order valence-corrected chi connectivity index (χ3v) is 5.91. The van der Waals surface area contributed by atoms with E-state index in [0.29, 0.717) is 36.8 Å². The quantitative estimate of drug-likeness (QED) is 0.237. The van der Waals surface area contributed by atoms with E-state index in [2.05, 4.69) is 10.1 Å². The Morgan fingerprint density at radius 2 is 1.74 bits per heavy atom. The third-order valence-electron chi connectivity index (χ3n) is 5.91. The van der Waals surface area contributed by atoms with Gasteiger partial charge in [0.15, 0.2) is 5.65 Å². The molecule has 184 valence electrons. The van der Waals surface area contributed by atoms with E-state index < -0.39 is 37.3 Å². The maximum atomic E-state index is 10.4. The molecular formula is C23H29N3O8. The van der Waals surface area contributed by atoms with Crippen molar-refractivity contribution >= 4 is 11.0 Å². The van der Waals surface area contributed by atoms with Crippen LogP contribution in [0.4, 0.5) is 0 Å². The third kappa shape index (κ3) is 4.99. The van der Waals surface area contributed by atoms with E-state index in [0.717, 1.165) is 11.1 Å². The molecule has 1 fully saturated rings. The highest BCUT2D eigenvalue weighted by Gasteiger charge is 2.45. The van der Waals surface area contributed by atoms with E-state index in [1.165, 1.54) is 0 Å². The van der Waals surface area contributed by atoms with Gasteiger partial charge in [-0.1, -0.05) is 12.1 Å². The zero-order valence-electron chi connectivity index (χ0n) is 18.4. The van der Waals surface area contributed by atoms with Crippen LogP contribution in [0.2, 0.25) is 0 Å². The summed E-state index contributed by atoms with van der Waals surface area (Å²) in [5, 5.41) is 63.8. The molecular weight excluding hydrogens is 446 g/mol.